The molecule has 27 heavy (non-hydrogen) atoms. The molecular weight excluding hydrogens is 362 g/mol. The molecule has 3 aromatic rings. The number of benzene rings is 2. The van der Waals surface area contributed by atoms with E-state index in [2.05, 4.69) is 15.5 Å². The third kappa shape index (κ3) is 5.41. The van der Waals surface area contributed by atoms with Crippen molar-refractivity contribution in [1.82, 2.24) is 15.5 Å². The molecule has 1 aromatic heterocycles. The molecule has 6 heteroatoms. The van der Waals surface area contributed by atoms with Gasteiger partial charge in [-0.3, -0.25) is 4.79 Å². The van der Waals surface area contributed by atoms with Crippen LogP contribution in [0.5, 0.6) is 0 Å². The fourth-order valence-corrected chi connectivity index (χ4v) is 2.97. The number of aryl methyl sites for hydroxylation is 1. The van der Waals surface area contributed by atoms with Crippen molar-refractivity contribution in [1.29, 1.82) is 0 Å². The molecule has 1 unspecified atom stereocenters. The molecule has 0 aliphatic heterocycles. The highest BCUT2D eigenvalue weighted by Crippen LogP contribution is 2.20. The highest BCUT2D eigenvalue weighted by molar-refractivity contribution is 6.30. The van der Waals surface area contributed by atoms with E-state index in [-0.39, 0.29) is 11.9 Å². The molecule has 0 aliphatic rings. The summed E-state index contributed by atoms with van der Waals surface area (Å²) in [4.78, 5) is 16.7. The van der Waals surface area contributed by atoms with E-state index in [0.717, 1.165) is 17.5 Å². The fraction of sp³-hybridized carbons (Fsp3) is 0.286. The first-order chi connectivity index (χ1) is 13.2. The number of rotatable bonds is 8. The van der Waals surface area contributed by atoms with E-state index in [9.17, 15) is 4.79 Å². The van der Waals surface area contributed by atoms with Crippen LogP contribution in [0.25, 0.3) is 11.4 Å². The second kappa shape index (κ2) is 9.33. The van der Waals surface area contributed by atoms with Crippen LogP contribution in [0.15, 0.2) is 59.1 Å². The topological polar surface area (TPSA) is 68.0 Å². The van der Waals surface area contributed by atoms with Crippen molar-refractivity contribution in [2.75, 3.05) is 0 Å². The minimum Gasteiger partial charge on any atom is -0.349 e. The van der Waals surface area contributed by atoms with Gasteiger partial charge in [0.2, 0.25) is 17.6 Å². The van der Waals surface area contributed by atoms with E-state index < -0.39 is 0 Å². The number of amides is 1. The quantitative estimate of drug-likeness (QED) is 0.595. The highest BCUT2D eigenvalue weighted by atomic mass is 35.5. The van der Waals surface area contributed by atoms with E-state index in [1.54, 1.807) is 0 Å². The Kier molecular flexibility index (Phi) is 6.60. The van der Waals surface area contributed by atoms with Crippen molar-refractivity contribution in [3.8, 4) is 11.4 Å². The van der Waals surface area contributed by atoms with Crippen molar-refractivity contribution in [2.24, 2.45) is 0 Å². The molecule has 0 saturated heterocycles. The number of nitrogens with one attached hydrogen (secondary N) is 1. The van der Waals surface area contributed by atoms with Gasteiger partial charge in [0.05, 0.1) is 6.04 Å². The summed E-state index contributed by atoms with van der Waals surface area (Å²) in [5.74, 6) is 1.13. The maximum Gasteiger partial charge on any atom is 0.226 e. The summed E-state index contributed by atoms with van der Waals surface area (Å²) < 4.78 is 5.28. The first-order valence-electron chi connectivity index (χ1n) is 9.08. The van der Waals surface area contributed by atoms with E-state index >= 15 is 0 Å². The lowest BCUT2D eigenvalue weighted by atomic mass is 10.0. The first-order valence-corrected chi connectivity index (χ1v) is 9.46. The smallest absolute Gasteiger partial charge is 0.226 e. The maximum atomic E-state index is 12.3. The molecule has 140 valence electrons. The lowest BCUT2D eigenvalue weighted by Crippen LogP contribution is -2.27. The number of hydrogen-bond donors (Lipinski definition) is 1. The number of halogens is 1. The van der Waals surface area contributed by atoms with Gasteiger partial charge in [0, 0.05) is 23.4 Å². The summed E-state index contributed by atoms with van der Waals surface area (Å²) in [7, 11) is 0. The molecular formula is C21H22ClN3O2. The van der Waals surface area contributed by atoms with Crippen LogP contribution >= 0.6 is 11.6 Å². The molecule has 0 fully saturated rings. The Morgan fingerprint density at radius 3 is 2.59 bits per heavy atom. The average Bonchev–Trinajstić information content (AvgIpc) is 3.16. The maximum absolute atomic E-state index is 12.3. The van der Waals surface area contributed by atoms with E-state index in [0.29, 0.717) is 36.0 Å². The summed E-state index contributed by atoms with van der Waals surface area (Å²) in [6.45, 7) is 2.04. The third-order valence-corrected chi connectivity index (χ3v) is 4.56. The zero-order valence-corrected chi connectivity index (χ0v) is 15.9. The Morgan fingerprint density at radius 2 is 1.89 bits per heavy atom. The number of nitrogens with zero attached hydrogens (tertiary/aromatic N) is 2. The van der Waals surface area contributed by atoms with Gasteiger partial charge in [0.1, 0.15) is 0 Å². The lowest BCUT2D eigenvalue weighted by Gasteiger charge is -2.17. The van der Waals surface area contributed by atoms with Gasteiger partial charge in [0.25, 0.3) is 0 Å². The van der Waals surface area contributed by atoms with Crippen LogP contribution in [0.2, 0.25) is 5.02 Å². The van der Waals surface area contributed by atoms with Crippen molar-refractivity contribution in [2.45, 2.75) is 38.6 Å². The molecule has 5 nitrogen and oxygen atoms in total. The van der Waals surface area contributed by atoms with Crippen molar-refractivity contribution in [3.05, 3.63) is 71.1 Å². The SMILES string of the molecule is CCC(NC(=O)CCCc1nc(-c2ccccc2)no1)c1ccc(Cl)cc1. The summed E-state index contributed by atoms with van der Waals surface area (Å²) in [5, 5.41) is 7.76. The van der Waals surface area contributed by atoms with Crippen molar-refractivity contribution in [3.63, 3.8) is 0 Å². The van der Waals surface area contributed by atoms with Crippen LogP contribution in [0.4, 0.5) is 0 Å². The molecule has 1 atom stereocenters. The van der Waals surface area contributed by atoms with Gasteiger partial charge < -0.3 is 9.84 Å². The van der Waals surface area contributed by atoms with Gasteiger partial charge in [0.15, 0.2) is 0 Å². The molecule has 3 rings (SSSR count). The summed E-state index contributed by atoms with van der Waals surface area (Å²) in [6.07, 6.45) is 2.45. The van der Waals surface area contributed by atoms with Crippen molar-refractivity contribution < 1.29 is 9.32 Å². The zero-order chi connectivity index (χ0) is 19.1. The van der Waals surface area contributed by atoms with Crippen LogP contribution in [-0.2, 0) is 11.2 Å². The largest absolute Gasteiger partial charge is 0.349 e. The van der Waals surface area contributed by atoms with E-state index in [1.165, 1.54) is 0 Å². The van der Waals surface area contributed by atoms with Crippen LogP contribution in [0, 0.1) is 0 Å². The number of aromatic nitrogens is 2. The third-order valence-electron chi connectivity index (χ3n) is 4.31. The minimum atomic E-state index is -0.0112. The van der Waals surface area contributed by atoms with E-state index in [4.69, 9.17) is 16.1 Å². The zero-order valence-electron chi connectivity index (χ0n) is 15.2. The monoisotopic (exact) mass is 383 g/mol. The summed E-state index contributed by atoms with van der Waals surface area (Å²) in [6, 6.07) is 17.2. The summed E-state index contributed by atoms with van der Waals surface area (Å²) >= 11 is 5.93. The average molecular weight is 384 g/mol. The van der Waals surface area contributed by atoms with Gasteiger partial charge in [-0.2, -0.15) is 4.98 Å². The molecule has 1 amide bonds. The van der Waals surface area contributed by atoms with E-state index in [1.807, 2.05) is 61.5 Å². The second-order valence-electron chi connectivity index (χ2n) is 6.31. The molecule has 1 heterocycles. The van der Waals surface area contributed by atoms with Gasteiger partial charge in [-0.15, -0.1) is 0 Å². The normalized spacial score (nSPS) is 11.9. The van der Waals surface area contributed by atoms with Gasteiger partial charge in [-0.1, -0.05) is 66.1 Å². The Hall–Kier alpha value is -2.66. The van der Waals surface area contributed by atoms with Gasteiger partial charge in [-0.05, 0) is 30.5 Å². The molecule has 0 saturated carbocycles. The number of carbonyl (C=O) groups is 1. The lowest BCUT2D eigenvalue weighted by molar-refractivity contribution is -0.122. The second-order valence-corrected chi connectivity index (χ2v) is 6.75. The van der Waals surface area contributed by atoms with Crippen LogP contribution in [0.3, 0.4) is 0 Å². The standard InChI is InChI=1S/C21H22ClN3O2/c1-2-18(15-11-13-17(22)14-12-15)23-19(26)9-6-10-20-24-21(25-27-20)16-7-4-3-5-8-16/h3-5,7-8,11-14,18H,2,6,9-10H2,1H3,(H,23,26). The minimum absolute atomic E-state index is 0.0112. The predicted molar refractivity (Wildman–Crippen MR) is 105 cm³/mol. The van der Waals surface area contributed by atoms with Crippen LogP contribution in [0.1, 0.15) is 43.7 Å². The predicted octanol–water partition coefficient (Wildman–Crippen LogP) is 4.98. The Morgan fingerprint density at radius 1 is 1.15 bits per heavy atom. The van der Waals surface area contributed by atoms with Crippen LogP contribution < -0.4 is 5.32 Å². The molecule has 0 bridgehead atoms. The fourth-order valence-electron chi connectivity index (χ4n) is 2.84. The summed E-state index contributed by atoms with van der Waals surface area (Å²) in [5.41, 5.74) is 1.97. The van der Waals surface area contributed by atoms with Gasteiger partial charge in [-0.25, -0.2) is 0 Å². The van der Waals surface area contributed by atoms with Crippen molar-refractivity contribution >= 4 is 17.5 Å². The molecule has 0 radical (unpaired) electrons. The Balaban J connectivity index is 1.48. The molecule has 1 N–H and O–H groups in total. The number of hydrogen-bond acceptors (Lipinski definition) is 4. The number of carbonyl (C=O) groups excluding carboxylic acids is 1. The Labute approximate surface area is 163 Å². The Bertz CT molecular complexity index is 863. The van der Waals surface area contributed by atoms with Gasteiger partial charge >= 0.3 is 0 Å². The highest BCUT2D eigenvalue weighted by Gasteiger charge is 2.13. The van der Waals surface area contributed by atoms with Crippen LogP contribution in [-0.4, -0.2) is 16.0 Å². The molecule has 0 spiro atoms. The molecule has 2 aromatic carbocycles. The molecule has 0 aliphatic carbocycles. The first kappa shape index (κ1) is 19.1.